The molecule has 3 aromatic rings. The van der Waals surface area contributed by atoms with Crippen LogP contribution in [0.5, 0.6) is 0 Å². The lowest BCUT2D eigenvalue weighted by Crippen LogP contribution is -1.93. The molecule has 0 saturated carbocycles. The molecule has 0 unspecified atom stereocenters. The van der Waals surface area contributed by atoms with Crippen LogP contribution >= 0.6 is 11.6 Å². The maximum Gasteiger partial charge on any atom is 0.271 e. The summed E-state index contributed by atoms with van der Waals surface area (Å²) < 4.78 is 1.86. The standard InChI is InChI=1S/C11H6ClN3O2/c12-11-10-2-1-5-14(10)9-4-3-7(15(16)17)6-8(9)13-11/h1-6H. The Bertz CT molecular complexity index is 751. The lowest BCUT2D eigenvalue weighted by atomic mass is 10.2. The SMILES string of the molecule is O=[N+]([O-])c1ccc2c(c1)nc(Cl)c1cccn12. The number of hydrogen-bond acceptors (Lipinski definition) is 3. The minimum Gasteiger partial charge on any atom is -0.312 e. The zero-order valence-corrected chi connectivity index (χ0v) is 9.26. The summed E-state index contributed by atoms with van der Waals surface area (Å²) in [7, 11) is 0. The van der Waals surface area contributed by atoms with Gasteiger partial charge in [-0.05, 0) is 18.2 Å². The Morgan fingerprint density at radius 3 is 2.88 bits per heavy atom. The Hall–Kier alpha value is -2.14. The van der Waals surface area contributed by atoms with Gasteiger partial charge in [0.25, 0.3) is 5.69 Å². The molecule has 0 aliphatic heterocycles. The van der Waals surface area contributed by atoms with E-state index in [9.17, 15) is 10.1 Å². The normalized spacial score (nSPS) is 11.1. The summed E-state index contributed by atoms with van der Waals surface area (Å²) in [6.07, 6.45) is 1.84. The van der Waals surface area contributed by atoms with E-state index >= 15 is 0 Å². The summed E-state index contributed by atoms with van der Waals surface area (Å²) in [5, 5.41) is 11.0. The van der Waals surface area contributed by atoms with Gasteiger partial charge in [0.2, 0.25) is 0 Å². The van der Waals surface area contributed by atoms with Crippen LogP contribution in [0.3, 0.4) is 0 Å². The Kier molecular flexibility index (Phi) is 2.02. The predicted octanol–water partition coefficient (Wildman–Crippen LogP) is 3.05. The molecule has 0 amide bonds. The van der Waals surface area contributed by atoms with Crippen LogP contribution in [0.4, 0.5) is 5.69 Å². The van der Waals surface area contributed by atoms with Crippen LogP contribution in [0, 0.1) is 10.1 Å². The predicted molar refractivity (Wildman–Crippen MR) is 64.4 cm³/mol. The van der Waals surface area contributed by atoms with Crippen LogP contribution in [0.1, 0.15) is 0 Å². The van der Waals surface area contributed by atoms with E-state index in [2.05, 4.69) is 4.98 Å². The fourth-order valence-corrected chi connectivity index (χ4v) is 2.09. The molecule has 2 aromatic heterocycles. The number of halogens is 1. The zero-order chi connectivity index (χ0) is 12.0. The molecule has 0 saturated heterocycles. The summed E-state index contributed by atoms with van der Waals surface area (Å²) in [5.41, 5.74) is 2.09. The first-order valence-electron chi connectivity index (χ1n) is 4.87. The van der Waals surface area contributed by atoms with E-state index in [1.807, 2.05) is 22.7 Å². The van der Waals surface area contributed by atoms with Crippen molar-refractivity contribution < 1.29 is 4.92 Å². The Balaban J connectivity index is 2.45. The van der Waals surface area contributed by atoms with Gasteiger partial charge in [-0.25, -0.2) is 4.98 Å². The van der Waals surface area contributed by atoms with Gasteiger partial charge in [-0.1, -0.05) is 11.6 Å². The average molecular weight is 248 g/mol. The van der Waals surface area contributed by atoms with E-state index in [-0.39, 0.29) is 5.69 Å². The van der Waals surface area contributed by atoms with E-state index < -0.39 is 4.92 Å². The zero-order valence-electron chi connectivity index (χ0n) is 8.50. The number of nitrogens with zero attached hydrogens (tertiary/aromatic N) is 3. The number of rotatable bonds is 1. The number of nitro benzene ring substituents is 1. The minimum atomic E-state index is -0.450. The van der Waals surface area contributed by atoms with E-state index in [1.54, 1.807) is 6.07 Å². The van der Waals surface area contributed by atoms with E-state index in [1.165, 1.54) is 12.1 Å². The van der Waals surface area contributed by atoms with Gasteiger partial charge in [0.15, 0.2) is 5.15 Å². The lowest BCUT2D eigenvalue weighted by molar-refractivity contribution is -0.384. The highest BCUT2D eigenvalue weighted by atomic mass is 35.5. The van der Waals surface area contributed by atoms with Crippen molar-refractivity contribution in [2.24, 2.45) is 0 Å². The van der Waals surface area contributed by atoms with Crippen molar-refractivity contribution in [2.45, 2.75) is 0 Å². The molecular formula is C11H6ClN3O2. The van der Waals surface area contributed by atoms with E-state index in [0.29, 0.717) is 10.7 Å². The highest BCUT2D eigenvalue weighted by Gasteiger charge is 2.10. The van der Waals surface area contributed by atoms with Gasteiger partial charge in [0.05, 0.1) is 21.5 Å². The van der Waals surface area contributed by atoms with Crippen LogP contribution in [0.25, 0.3) is 16.6 Å². The molecule has 6 heteroatoms. The van der Waals surface area contributed by atoms with Gasteiger partial charge < -0.3 is 4.40 Å². The van der Waals surface area contributed by atoms with Crippen LogP contribution in [0.2, 0.25) is 5.15 Å². The van der Waals surface area contributed by atoms with Gasteiger partial charge in [-0.15, -0.1) is 0 Å². The fraction of sp³-hybridized carbons (Fsp3) is 0. The molecule has 2 heterocycles. The topological polar surface area (TPSA) is 60.4 Å². The molecule has 0 N–H and O–H groups in total. The number of non-ortho nitro benzene ring substituents is 1. The van der Waals surface area contributed by atoms with Crippen molar-refractivity contribution >= 4 is 33.8 Å². The molecule has 84 valence electrons. The third-order valence-corrected chi connectivity index (χ3v) is 2.89. The quantitative estimate of drug-likeness (QED) is 0.490. The van der Waals surface area contributed by atoms with E-state index in [4.69, 9.17) is 11.6 Å². The molecular weight excluding hydrogens is 242 g/mol. The van der Waals surface area contributed by atoms with Crippen molar-refractivity contribution in [3.05, 3.63) is 51.8 Å². The van der Waals surface area contributed by atoms with Gasteiger partial charge in [0.1, 0.15) is 0 Å². The lowest BCUT2D eigenvalue weighted by Gasteiger charge is -2.03. The van der Waals surface area contributed by atoms with Crippen molar-refractivity contribution in [1.82, 2.24) is 9.38 Å². The molecule has 1 aromatic carbocycles. The smallest absolute Gasteiger partial charge is 0.271 e. The first kappa shape index (κ1) is 10.0. The van der Waals surface area contributed by atoms with Gasteiger partial charge >= 0.3 is 0 Å². The van der Waals surface area contributed by atoms with Crippen molar-refractivity contribution in [1.29, 1.82) is 0 Å². The number of fused-ring (bicyclic) bond motifs is 3. The summed E-state index contributed by atoms with van der Waals surface area (Å²) in [6, 6.07) is 8.24. The fourth-order valence-electron chi connectivity index (χ4n) is 1.84. The summed E-state index contributed by atoms with van der Waals surface area (Å²) in [4.78, 5) is 14.4. The summed E-state index contributed by atoms with van der Waals surface area (Å²) in [5.74, 6) is 0. The first-order valence-corrected chi connectivity index (χ1v) is 5.25. The third kappa shape index (κ3) is 1.43. The maximum atomic E-state index is 10.7. The second-order valence-electron chi connectivity index (χ2n) is 3.60. The number of aromatic nitrogens is 2. The van der Waals surface area contributed by atoms with Gasteiger partial charge in [-0.3, -0.25) is 10.1 Å². The highest BCUT2D eigenvalue weighted by Crippen LogP contribution is 2.25. The average Bonchev–Trinajstić information content (AvgIpc) is 2.78. The van der Waals surface area contributed by atoms with Crippen molar-refractivity contribution in [3.8, 4) is 0 Å². The molecule has 5 nitrogen and oxygen atoms in total. The van der Waals surface area contributed by atoms with Crippen molar-refractivity contribution in [3.63, 3.8) is 0 Å². The van der Waals surface area contributed by atoms with Crippen LogP contribution in [0.15, 0.2) is 36.5 Å². The second-order valence-corrected chi connectivity index (χ2v) is 3.95. The molecule has 0 fully saturated rings. The van der Waals surface area contributed by atoms with Crippen LogP contribution in [-0.2, 0) is 0 Å². The summed E-state index contributed by atoms with van der Waals surface area (Å²) >= 11 is 6.01. The highest BCUT2D eigenvalue weighted by molar-refractivity contribution is 6.33. The van der Waals surface area contributed by atoms with Crippen LogP contribution in [-0.4, -0.2) is 14.3 Å². The third-order valence-electron chi connectivity index (χ3n) is 2.61. The minimum absolute atomic E-state index is 0.00701. The van der Waals surface area contributed by atoms with Crippen LogP contribution < -0.4 is 0 Å². The molecule has 0 aliphatic carbocycles. The van der Waals surface area contributed by atoms with Gasteiger partial charge in [0, 0.05) is 18.3 Å². The Labute approximate surface area is 100 Å². The first-order chi connectivity index (χ1) is 8.16. The molecule has 0 bridgehead atoms. The summed E-state index contributed by atoms with van der Waals surface area (Å²) in [6.45, 7) is 0. The number of nitro groups is 1. The second kappa shape index (κ2) is 3.43. The maximum absolute atomic E-state index is 10.7. The van der Waals surface area contributed by atoms with Crippen molar-refractivity contribution in [2.75, 3.05) is 0 Å². The van der Waals surface area contributed by atoms with Gasteiger partial charge in [-0.2, -0.15) is 0 Å². The number of benzene rings is 1. The molecule has 0 spiro atoms. The molecule has 17 heavy (non-hydrogen) atoms. The molecule has 0 atom stereocenters. The molecule has 0 radical (unpaired) electrons. The molecule has 0 aliphatic rings. The Morgan fingerprint density at radius 2 is 2.12 bits per heavy atom. The number of hydrogen-bond donors (Lipinski definition) is 0. The largest absolute Gasteiger partial charge is 0.312 e. The Morgan fingerprint density at radius 1 is 1.29 bits per heavy atom. The molecule has 3 rings (SSSR count). The monoisotopic (exact) mass is 247 g/mol. The van der Waals surface area contributed by atoms with E-state index in [0.717, 1.165) is 11.0 Å².